The average Bonchev–Trinajstić information content (AvgIpc) is 3.21. The molecule has 0 saturated carbocycles. The second-order valence-electron chi connectivity index (χ2n) is 9.36. The van der Waals surface area contributed by atoms with E-state index in [1.165, 1.54) is 25.7 Å². The molecule has 2 unspecified atom stereocenters. The number of phosphoric ester groups is 1. The summed E-state index contributed by atoms with van der Waals surface area (Å²) in [5, 5.41) is 2.65. The smallest absolute Gasteiger partial charge is 0.756 e. The molecule has 0 spiro atoms. The second kappa shape index (κ2) is 23.2. The topological polar surface area (TPSA) is 106 Å². The summed E-state index contributed by atoms with van der Waals surface area (Å²) in [7, 11) is -4.46. The predicted molar refractivity (Wildman–Crippen MR) is 146 cm³/mol. The van der Waals surface area contributed by atoms with Gasteiger partial charge in [-0.3, -0.25) is 9.36 Å². The summed E-state index contributed by atoms with van der Waals surface area (Å²) < 4.78 is 32.2. The Morgan fingerprint density at radius 1 is 0.974 bits per heavy atom. The number of carbonyl (C=O) groups is 1. The van der Waals surface area contributed by atoms with Crippen molar-refractivity contribution < 1.29 is 62.3 Å². The van der Waals surface area contributed by atoms with Crippen LogP contribution in [0.15, 0.2) is 48.6 Å². The van der Waals surface area contributed by atoms with Crippen molar-refractivity contribution in [3.63, 3.8) is 0 Å². The molecule has 212 valence electrons. The Balaban J connectivity index is 0.0000137. The maximum atomic E-state index is 11.9. The summed E-state index contributed by atoms with van der Waals surface area (Å²) in [5.74, 6) is -0.888. The van der Waals surface area contributed by atoms with Gasteiger partial charge in [0.25, 0.3) is 7.82 Å². The molecule has 2 atom stereocenters. The van der Waals surface area contributed by atoms with E-state index in [0.29, 0.717) is 6.42 Å². The van der Waals surface area contributed by atoms with Gasteiger partial charge < -0.3 is 28.7 Å². The van der Waals surface area contributed by atoms with E-state index in [1.54, 1.807) is 13.8 Å². The fourth-order valence-electron chi connectivity index (χ4n) is 3.43. The van der Waals surface area contributed by atoms with Crippen molar-refractivity contribution in [2.24, 2.45) is 0 Å². The molecular weight excluding hydrogens is 516 g/mol. The van der Waals surface area contributed by atoms with Crippen LogP contribution in [-0.2, 0) is 27.9 Å². The first-order chi connectivity index (χ1) is 17.7. The fraction of sp³-hybridized carbons (Fsp3) is 0.679. The number of nitrogens with one attached hydrogen (secondary N) is 1. The van der Waals surface area contributed by atoms with Crippen LogP contribution in [-0.4, -0.2) is 44.2 Å². The maximum Gasteiger partial charge on any atom is 1.00 e. The Kier molecular flexibility index (Phi) is 22.9. The average molecular weight is 564 g/mol. The maximum absolute atomic E-state index is 11.9. The van der Waals surface area contributed by atoms with E-state index in [-0.39, 0.29) is 61.8 Å². The van der Waals surface area contributed by atoms with Crippen molar-refractivity contribution in [2.45, 2.75) is 96.9 Å². The predicted octanol–water partition coefficient (Wildman–Crippen LogP) is 2.91. The third-order valence-electron chi connectivity index (χ3n) is 5.39. The van der Waals surface area contributed by atoms with Crippen LogP contribution in [0.2, 0.25) is 0 Å². The Bertz CT molecular complexity index is 783. The van der Waals surface area contributed by atoms with Crippen LogP contribution in [0.5, 0.6) is 0 Å². The van der Waals surface area contributed by atoms with Crippen molar-refractivity contribution in [2.75, 3.05) is 26.4 Å². The molecule has 1 aliphatic heterocycles. The first-order valence-corrected chi connectivity index (χ1v) is 15.0. The van der Waals surface area contributed by atoms with Crippen LogP contribution >= 0.6 is 7.82 Å². The van der Waals surface area contributed by atoms with Gasteiger partial charge in [-0.2, -0.15) is 0 Å². The molecule has 1 rings (SSSR count). The van der Waals surface area contributed by atoms with Crippen LogP contribution in [0.1, 0.15) is 85.0 Å². The zero-order chi connectivity index (χ0) is 27.2. The van der Waals surface area contributed by atoms with Crippen molar-refractivity contribution in [3.8, 4) is 0 Å². The van der Waals surface area contributed by atoms with Crippen LogP contribution in [0.3, 0.4) is 0 Å². The Hall–Kier alpha value is -0.540. The number of carbonyl (C=O) groups excluding carboxylic acids is 1. The number of ether oxygens (including phenoxy) is 2. The Labute approximate surface area is 252 Å². The van der Waals surface area contributed by atoms with E-state index < -0.39 is 19.7 Å². The van der Waals surface area contributed by atoms with Gasteiger partial charge in [0.15, 0.2) is 5.79 Å². The Morgan fingerprint density at radius 3 is 2.11 bits per heavy atom. The summed E-state index contributed by atoms with van der Waals surface area (Å²) in [6, 6.07) is 0. The monoisotopic (exact) mass is 563 g/mol. The van der Waals surface area contributed by atoms with Gasteiger partial charge in [-0.25, -0.2) is 0 Å². The van der Waals surface area contributed by atoms with E-state index in [1.807, 2.05) is 0 Å². The van der Waals surface area contributed by atoms with Crippen molar-refractivity contribution in [1.29, 1.82) is 0 Å². The Morgan fingerprint density at radius 2 is 1.55 bits per heavy atom. The van der Waals surface area contributed by atoms with Gasteiger partial charge >= 0.3 is 29.6 Å². The van der Waals surface area contributed by atoms with E-state index in [9.17, 15) is 14.3 Å². The number of rotatable bonds is 21. The van der Waals surface area contributed by atoms with Gasteiger partial charge in [0.1, 0.15) is 6.10 Å². The normalized spacial score (nSPS) is 19.0. The molecule has 10 heteroatoms. The molecule has 0 radical (unpaired) electrons. The first kappa shape index (κ1) is 37.5. The van der Waals surface area contributed by atoms with E-state index in [2.05, 4.69) is 60.8 Å². The van der Waals surface area contributed by atoms with Crippen molar-refractivity contribution in [3.05, 3.63) is 48.6 Å². The van der Waals surface area contributed by atoms with E-state index in [4.69, 9.17) is 18.5 Å². The molecule has 1 amide bonds. The van der Waals surface area contributed by atoms with Crippen molar-refractivity contribution in [1.82, 2.24) is 5.32 Å². The first-order valence-electron chi connectivity index (χ1n) is 13.5. The minimum Gasteiger partial charge on any atom is -0.756 e. The number of phosphoric acid groups is 1. The summed E-state index contributed by atoms with van der Waals surface area (Å²) >= 11 is 0. The van der Waals surface area contributed by atoms with Crippen molar-refractivity contribution >= 4 is 13.7 Å². The molecule has 1 aliphatic rings. The summed E-state index contributed by atoms with van der Waals surface area (Å²) in [5.41, 5.74) is 0. The quantitative estimate of drug-likeness (QED) is 0.0991. The number of hydrogen-bond donors (Lipinski definition) is 1. The zero-order valence-corrected chi connectivity index (χ0v) is 26.8. The number of unbranched alkanes of at least 4 members (excludes halogenated alkanes) is 4. The molecule has 1 N–H and O–H groups in total. The van der Waals surface area contributed by atoms with Gasteiger partial charge in [0, 0.05) is 13.0 Å². The molecule has 0 aliphatic carbocycles. The molecule has 8 nitrogen and oxygen atoms in total. The molecule has 0 aromatic rings. The molecule has 1 fully saturated rings. The minimum atomic E-state index is -4.46. The minimum absolute atomic E-state index is 0. The van der Waals surface area contributed by atoms with Crippen LogP contribution in [0.4, 0.5) is 0 Å². The molecule has 38 heavy (non-hydrogen) atoms. The second-order valence-corrected chi connectivity index (χ2v) is 10.8. The van der Waals surface area contributed by atoms with Gasteiger partial charge in [-0.15, -0.1) is 0 Å². The van der Waals surface area contributed by atoms with Crippen LogP contribution < -0.4 is 39.8 Å². The van der Waals surface area contributed by atoms with Crippen LogP contribution in [0.25, 0.3) is 0 Å². The molecule has 0 aromatic heterocycles. The summed E-state index contributed by atoms with van der Waals surface area (Å²) in [6.07, 6.45) is 26.7. The van der Waals surface area contributed by atoms with Gasteiger partial charge in [-0.05, 0) is 58.8 Å². The summed E-state index contributed by atoms with van der Waals surface area (Å²) in [4.78, 5) is 23.7. The van der Waals surface area contributed by atoms with Crippen LogP contribution in [0, 0.1) is 0 Å². The van der Waals surface area contributed by atoms with E-state index >= 15 is 0 Å². The summed E-state index contributed by atoms with van der Waals surface area (Å²) in [6.45, 7) is 5.70. The largest absolute Gasteiger partial charge is 1.00 e. The molecular formula is C28H47NNaO7P. The zero-order valence-electron chi connectivity index (χ0n) is 23.9. The number of hydrogen-bond acceptors (Lipinski definition) is 7. The molecule has 1 heterocycles. The third-order valence-corrected chi connectivity index (χ3v) is 6.36. The fourth-order valence-corrected chi connectivity index (χ4v) is 4.17. The van der Waals surface area contributed by atoms with Gasteiger partial charge in [0.05, 0.1) is 19.8 Å². The molecule has 0 aromatic carbocycles. The molecule has 0 bridgehead atoms. The number of amides is 1. The SMILES string of the molecule is CCCCC/C=C\C/C=C\C/C=C\C/C=C\CCCC(=O)NCCOP(=O)([O-])OCC1COC(C)(C)O1.[Na+]. The molecule has 1 saturated heterocycles. The van der Waals surface area contributed by atoms with Gasteiger partial charge in [-0.1, -0.05) is 68.4 Å². The van der Waals surface area contributed by atoms with Gasteiger partial charge in [0.2, 0.25) is 5.91 Å². The third kappa shape index (κ3) is 22.3. The number of allylic oxidation sites excluding steroid dienone is 8. The van der Waals surface area contributed by atoms with E-state index in [0.717, 1.165) is 32.1 Å². The standard InChI is InChI=1S/C28H48NO7P.Na/c1-4-5-6-7-8-9-10-11-12-13-14-15-16-17-18-19-20-21-27(30)29-22-23-34-37(31,32)35-25-26-24-33-28(2,3)36-26;/h8-9,11-12,14-15,17-18,26H,4-7,10,13,16,19-25H2,1-3H3,(H,29,30)(H,31,32);/q;+1/p-1/b9-8-,12-11-,15-14-,18-17-;.